The second-order valence-corrected chi connectivity index (χ2v) is 6.09. The molecule has 1 aromatic rings. The molecule has 0 saturated carbocycles. The van der Waals surface area contributed by atoms with Crippen LogP contribution in [0, 0.1) is 5.92 Å². The molecule has 2 aliphatic rings. The van der Waals surface area contributed by atoms with E-state index in [1.54, 1.807) is 0 Å². The van der Waals surface area contributed by atoms with Crippen LogP contribution in [0.5, 0.6) is 11.5 Å². The summed E-state index contributed by atoms with van der Waals surface area (Å²) in [6, 6.07) is 1.49. The Labute approximate surface area is 139 Å². The number of piperidine rings is 1. The monoisotopic (exact) mass is 341 g/mol. The van der Waals surface area contributed by atoms with Gasteiger partial charge in [-0.2, -0.15) is 0 Å². The highest BCUT2D eigenvalue weighted by atomic mass is 35.5. The number of benzene rings is 1. The lowest BCUT2D eigenvalue weighted by atomic mass is 9.95. The topological polar surface area (TPSA) is 106 Å². The molecule has 126 valence electrons. The standard InChI is InChI=1S/C15H20ClN3O4/c16-12-10(17)5-9(13-14(12)23-4-3-22-13)15(21)19-6-8-1-2-18-7-11(8)20/h5,8,11,18,20H,1-4,6-7,17H2,(H,19,21)/t8-,11?/m0/s1. The molecule has 23 heavy (non-hydrogen) atoms. The van der Waals surface area contributed by atoms with Gasteiger partial charge in [0.1, 0.15) is 18.2 Å². The predicted molar refractivity (Wildman–Crippen MR) is 86.2 cm³/mol. The maximum Gasteiger partial charge on any atom is 0.255 e. The van der Waals surface area contributed by atoms with Gasteiger partial charge in [-0.3, -0.25) is 4.79 Å². The summed E-state index contributed by atoms with van der Waals surface area (Å²) in [4.78, 5) is 12.5. The highest BCUT2D eigenvalue weighted by molar-refractivity contribution is 6.35. The van der Waals surface area contributed by atoms with Gasteiger partial charge in [-0.25, -0.2) is 0 Å². The van der Waals surface area contributed by atoms with Crippen molar-refractivity contribution in [3.05, 3.63) is 16.7 Å². The van der Waals surface area contributed by atoms with E-state index in [4.69, 9.17) is 26.8 Å². The normalized spacial score (nSPS) is 23.4. The van der Waals surface area contributed by atoms with Crippen molar-refractivity contribution in [2.45, 2.75) is 12.5 Å². The number of fused-ring (bicyclic) bond motifs is 1. The molecule has 1 saturated heterocycles. The number of carbonyl (C=O) groups excluding carboxylic acids is 1. The van der Waals surface area contributed by atoms with E-state index in [-0.39, 0.29) is 22.5 Å². The van der Waals surface area contributed by atoms with E-state index in [2.05, 4.69) is 10.6 Å². The predicted octanol–water partition coefficient (Wildman–Crippen LogP) is 0.394. The van der Waals surface area contributed by atoms with Gasteiger partial charge in [0.15, 0.2) is 11.5 Å². The Bertz CT molecular complexity index is 611. The lowest BCUT2D eigenvalue weighted by Crippen LogP contribution is -2.45. The summed E-state index contributed by atoms with van der Waals surface area (Å²) in [5, 5.41) is 16.1. The van der Waals surface area contributed by atoms with Crippen molar-refractivity contribution in [3.63, 3.8) is 0 Å². The van der Waals surface area contributed by atoms with E-state index in [0.717, 1.165) is 13.0 Å². The summed E-state index contributed by atoms with van der Waals surface area (Å²) in [5.41, 5.74) is 6.41. The van der Waals surface area contributed by atoms with E-state index in [1.165, 1.54) is 6.07 Å². The van der Waals surface area contributed by atoms with E-state index in [0.29, 0.717) is 43.4 Å². The van der Waals surface area contributed by atoms with Crippen LogP contribution in [0.2, 0.25) is 5.02 Å². The minimum atomic E-state index is -0.465. The number of anilines is 1. The number of rotatable bonds is 3. The van der Waals surface area contributed by atoms with Crippen LogP contribution in [0.3, 0.4) is 0 Å². The van der Waals surface area contributed by atoms with Crippen LogP contribution in [0.25, 0.3) is 0 Å². The number of amides is 1. The number of halogens is 1. The smallest absolute Gasteiger partial charge is 0.255 e. The van der Waals surface area contributed by atoms with Gasteiger partial charge in [0.2, 0.25) is 0 Å². The van der Waals surface area contributed by atoms with Crippen molar-refractivity contribution >= 4 is 23.2 Å². The zero-order valence-corrected chi connectivity index (χ0v) is 13.4. The third kappa shape index (κ3) is 3.31. The maximum atomic E-state index is 12.5. The molecule has 8 heteroatoms. The highest BCUT2D eigenvalue weighted by Gasteiger charge is 2.27. The van der Waals surface area contributed by atoms with Crippen LogP contribution in [0.1, 0.15) is 16.8 Å². The molecule has 0 bridgehead atoms. The summed E-state index contributed by atoms with van der Waals surface area (Å²) in [7, 11) is 0. The molecule has 0 spiro atoms. The summed E-state index contributed by atoms with van der Waals surface area (Å²) >= 11 is 6.10. The Balaban J connectivity index is 1.75. The van der Waals surface area contributed by atoms with E-state index >= 15 is 0 Å². The van der Waals surface area contributed by atoms with Crippen molar-refractivity contribution in [2.75, 3.05) is 38.6 Å². The molecular formula is C15H20ClN3O4. The Morgan fingerprint density at radius 3 is 2.91 bits per heavy atom. The second kappa shape index (κ2) is 6.82. The minimum absolute atomic E-state index is 0.0258. The Morgan fingerprint density at radius 2 is 2.17 bits per heavy atom. The molecule has 1 aromatic carbocycles. The van der Waals surface area contributed by atoms with E-state index in [9.17, 15) is 9.90 Å². The first-order valence-corrected chi connectivity index (χ1v) is 8.00. The van der Waals surface area contributed by atoms with Gasteiger partial charge >= 0.3 is 0 Å². The third-order valence-electron chi connectivity index (χ3n) is 4.14. The number of hydrogen-bond donors (Lipinski definition) is 4. The van der Waals surface area contributed by atoms with Gasteiger partial charge < -0.3 is 30.9 Å². The molecule has 5 N–H and O–H groups in total. The number of β-amino-alcohol motifs (C(OH)–C–C–N with tert-alkyl or cyclic N) is 1. The van der Waals surface area contributed by atoms with Gasteiger partial charge in [0.05, 0.1) is 17.4 Å². The van der Waals surface area contributed by atoms with Crippen molar-refractivity contribution in [1.29, 1.82) is 0 Å². The summed E-state index contributed by atoms with van der Waals surface area (Å²) in [5.74, 6) is 0.336. The summed E-state index contributed by atoms with van der Waals surface area (Å²) < 4.78 is 11.0. The molecule has 3 rings (SSSR count). The van der Waals surface area contributed by atoms with Crippen LogP contribution in [-0.4, -0.2) is 50.0 Å². The van der Waals surface area contributed by atoms with Gasteiger partial charge in [-0.05, 0) is 19.0 Å². The zero-order chi connectivity index (χ0) is 16.4. The van der Waals surface area contributed by atoms with Crippen molar-refractivity contribution < 1.29 is 19.4 Å². The zero-order valence-electron chi connectivity index (χ0n) is 12.6. The van der Waals surface area contributed by atoms with Crippen LogP contribution >= 0.6 is 11.6 Å². The van der Waals surface area contributed by atoms with Crippen molar-refractivity contribution in [1.82, 2.24) is 10.6 Å². The average molecular weight is 342 g/mol. The van der Waals surface area contributed by atoms with Crippen LogP contribution < -0.4 is 25.8 Å². The first-order chi connectivity index (χ1) is 11.1. The number of carbonyl (C=O) groups is 1. The van der Waals surface area contributed by atoms with Crippen molar-refractivity contribution in [3.8, 4) is 11.5 Å². The summed E-state index contributed by atoms with van der Waals surface area (Å²) in [6.45, 7) is 2.47. The van der Waals surface area contributed by atoms with Crippen molar-refractivity contribution in [2.24, 2.45) is 5.92 Å². The molecule has 1 amide bonds. The first-order valence-electron chi connectivity index (χ1n) is 7.62. The molecule has 0 radical (unpaired) electrons. The Kier molecular flexibility index (Phi) is 4.79. The second-order valence-electron chi connectivity index (χ2n) is 5.71. The fourth-order valence-electron chi connectivity index (χ4n) is 2.82. The number of aliphatic hydroxyl groups is 1. The number of ether oxygens (including phenoxy) is 2. The Hall–Kier alpha value is -1.70. The molecule has 1 fully saturated rings. The molecule has 0 aliphatic carbocycles. The van der Waals surface area contributed by atoms with Crippen LogP contribution in [-0.2, 0) is 0 Å². The number of hydrogen-bond acceptors (Lipinski definition) is 6. The van der Waals surface area contributed by atoms with Gasteiger partial charge in [0.25, 0.3) is 5.91 Å². The highest BCUT2D eigenvalue weighted by Crippen LogP contribution is 2.43. The first kappa shape index (κ1) is 16.2. The molecule has 7 nitrogen and oxygen atoms in total. The fraction of sp³-hybridized carbons (Fsp3) is 0.533. The third-order valence-corrected chi connectivity index (χ3v) is 4.53. The average Bonchev–Trinajstić information content (AvgIpc) is 2.57. The van der Waals surface area contributed by atoms with E-state index in [1.807, 2.05) is 0 Å². The number of aliphatic hydroxyl groups excluding tert-OH is 1. The molecule has 2 atom stereocenters. The molecular weight excluding hydrogens is 322 g/mol. The number of nitrogens with one attached hydrogen (secondary N) is 2. The lowest BCUT2D eigenvalue weighted by molar-refractivity contribution is 0.0750. The van der Waals surface area contributed by atoms with Crippen LogP contribution in [0.4, 0.5) is 5.69 Å². The van der Waals surface area contributed by atoms with Crippen LogP contribution in [0.15, 0.2) is 6.07 Å². The summed E-state index contributed by atoms with van der Waals surface area (Å²) in [6.07, 6.45) is 0.342. The molecule has 0 aromatic heterocycles. The lowest BCUT2D eigenvalue weighted by Gasteiger charge is -2.28. The maximum absolute atomic E-state index is 12.5. The van der Waals surface area contributed by atoms with Gasteiger partial charge in [-0.15, -0.1) is 0 Å². The Morgan fingerprint density at radius 1 is 1.43 bits per heavy atom. The van der Waals surface area contributed by atoms with Gasteiger partial charge in [-0.1, -0.05) is 11.6 Å². The van der Waals surface area contributed by atoms with Gasteiger partial charge in [0, 0.05) is 19.0 Å². The largest absolute Gasteiger partial charge is 0.485 e. The van der Waals surface area contributed by atoms with E-state index < -0.39 is 6.10 Å². The number of nitrogens with two attached hydrogens (primary N) is 1. The molecule has 2 aliphatic heterocycles. The number of nitrogen functional groups attached to an aromatic ring is 1. The SMILES string of the molecule is Nc1cc(C(=O)NC[C@@H]2CCNCC2O)c2c(c1Cl)OCCO2. The molecule has 2 heterocycles. The quantitative estimate of drug-likeness (QED) is 0.593. The fourth-order valence-corrected chi connectivity index (χ4v) is 3.01. The minimum Gasteiger partial charge on any atom is -0.485 e. The molecule has 1 unspecified atom stereocenters.